The molecule has 3 heteroatoms. The molecule has 3 fully saturated rings. The molecule has 3 rings (SSSR count). The first kappa shape index (κ1) is 15.3. The molecule has 3 aliphatic rings. The molecule has 21 heavy (non-hydrogen) atoms. The minimum atomic E-state index is 0.00181. The van der Waals surface area contributed by atoms with Gasteiger partial charge in [-0.15, -0.1) is 0 Å². The van der Waals surface area contributed by atoms with Crippen molar-refractivity contribution < 1.29 is 9.53 Å². The number of fused-ring (bicyclic) bond motifs is 1. The zero-order chi connectivity index (χ0) is 15.3. The van der Waals surface area contributed by atoms with Gasteiger partial charge in [-0.3, -0.25) is 4.79 Å². The summed E-state index contributed by atoms with van der Waals surface area (Å²) in [6.07, 6.45) is 8.67. The Labute approximate surface area is 129 Å². The van der Waals surface area contributed by atoms with E-state index in [-0.39, 0.29) is 17.1 Å². The van der Waals surface area contributed by atoms with Crippen LogP contribution in [-0.2, 0) is 9.53 Å². The van der Waals surface area contributed by atoms with Crippen molar-refractivity contribution in [3.63, 3.8) is 0 Å². The molecule has 0 aromatic rings. The second kappa shape index (κ2) is 4.97. The van der Waals surface area contributed by atoms with Crippen molar-refractivity contribution in [3.05, 3.63) is 0 Å². The molecule has 1 amide bonds. The first-order valence-electron chi connectivity index (χ1n) is 8.80. The molecular weight excluding hydrogens is 262 g/mol. The quantitative estimate of drug-likeness (QED) is 0.859. The molecule has 1 unspecified atom stereocenters. The Morgan fingerprint density at radius 2 is 1.90 bits per heavy atom. The van der Waals surface area contributed by atoms with Gasteiger partial charge in [-0.2, -0.15) is 0 Å². The topological polar surface area (TPSA) is 38.3 Å². The molecule has 1 aliphatic heterocycles. The third kappa shape index (κ3) is 2.42. The lowest BCUT2D eigenvalue weighted by atomic mass is 9.55. The molecule has 4 atom stereocenters. The molecular formula is C18H31NO2. The number of carbonyl (C=O) groups is 1. The molecule has 0 aromatic carbocycles. The van der Waals surface area contributed by atoms with Crippen molar-refractivity contribution in [2.45, 2.75) is 96.3 Å². The van der Waals surface area contributed by atoms with E-state index in [2.05, 4.69) is 33.0 Å². The fourth-order valence-corrected chi connectivity index (χ4v) is 5.18. The third-order valence-corrected chi connectivity index (χ3v) is 6.63. The first-order chi connectivity index (χ1) is 9.80. The van der Waals surface area contributed by atoms with E-state index in [1.807, 2.05) is 0 Å². The molecule has 120 valence electrons. The van der Waals surface area contributed by atoms with Crippen molar-refractivity contribution in [2.75, 3.05) is 0 Å². The Hall–Kier alpha value is -0.570. The predicted octanol–water partition coefficient (Wildman–Crippen LogP) is 3.81. The maximum absolute atomic E-state index is 11.9. The second-order valence-corrected chi connectivity index (χ2v) is 8.46. The number of carbonyl (C=O) groups excluding carboxylic acids is 1. The smallest absolute Gasteiger partial charge is 0.220 e. The Balaban J connectivity index is 1.76. The summed E-state index contributed by atoms with van der Waals surface area (Å²) in [4.78, 5) is 11.9. The number of amides is 1. The van der Waals surface area contributed by atoms with Crippen molar-refractivity contribution in [1.29, 1.82) is 0 Å². The highest BCUT2D eigenvalue weighted by Crippen LogP contribution is 2.63. The predicted molar refractivity (Wildman–Crippen MR) is 84.0 cm³/mol. The lowest BCUT2D eigenvalue weighted by Gasteiger charge is -2.54. The summed E-state index contributed by atoms with van der Waals surface area (Å²) in [5, 5.41) is 3.26. The van der Waals surface area contributed by atoms with Crippen LogP contribution in [0.15, 0.2) is 0 Å². The summed E-state index contributed by atoms with van der Waals surface area (Å²) >= 11 is 0. The van der Waals surface area contributed by atoms with Gasteiger partial charge in [-0.05, 0) is 70.1 Å². The summed E-state index contributed by atoms with van der Waals surface area (Å²) in [6.45, 7) is 9.01. The highest BCUT2D eigenvalue weighted by Gasteiger charge is 2.64. The molecule has 0 aromatic heterocycles. The van der Waals surface area contributed by atoms with Crippen LogP contribution >= 0.6 is 0 Å². The minimum Gasteiger partial charge on any atom is -0.368 e. The van der Waals surface area contributed by atoms with Crippen molar-refractivity contribution >= 4 is 5.91 Å². The number of rotatable bonds is 3. The van der Waals surface area contributed by atoms with Crippen LogP contribution in [0.25, 0.3) is 0 Å². The second-order valence-electron chi connectivity index (χ2n) is 8.46. The normalized spacial score (nSPS) is 44.2. The van der Waals surface area contributed by atoms with Crippen LogP contribution in [0.3, 0.4) is 0 Å². The fraction of sp³-hybridized carbons (Fsp3) is 0.944. The monoisotopic (exact) mass is 293 g/mol. The molecule has 2 aliphatic carbocycles. The summed E-state index contributed by atoms with van der Waals surface area (Å²) in [7, 11) is 0. The van der Waals surface area contributed by atoms with E-state index < -0.39 is 0 Å². The van der Waals surface area contributed by atoms with Crippen LogP contribution in [0, 0.1) is 11.3 Å². The van der Waals surface area contributed by atoms with Crippen LogP contribution in [0.1, 0.15) is 79.1 Å². The van der Waals surface area contributed by atoms with E-state index in [9.17, 15) is 4.79 Å². The molecule has 1 N–H and O–H groups in total. The molecule has 2 saturated carbocycles. The van der Waals surface area contributed by atoms with Gasteiger partial charge in [0.05, 0.1) is 11.2 Å². The number of hydrogen-bond donors (Lipinski definition) is 1. The van der Waals surface area contributed by atoms with Crippen LogP contribution in [0.2, 0.25) is 0 Å². The average molecular weight is 293 g/mol. The van der Waals surface area contributed by atoms with Gasteiger partial charge in [0, 0.05) is 12.5 Å². The van der Waals surface area contributed by atoms with Gasteiger partial charge in [0.15, 0.2) is 0 Å². The molecule has 3 nitrogen and oxygen atoms in total. The summed E-state index contributed by atoms with van der Waals surface area (Å²) in [5.74, 6) is 0.905. The van der Waals surface area contributed by atoms with Crippen molar-refractivity contribution in [2.24, 2.45) is 11.3 Å². The molecule has 1 saturated heterocycles. The van der Waals surface area contributed by atoms with Gasteiger partial charge in [-0.25, -0.2) is 0 Å². The van der Waals surface area contributed by atoms with E-state index >= 15 is 0 Å². The van der Waals surface area contributed by atoms with E-state index in [1.54, 1.807) is 0 Å². The fourth-order valence-electron chi connectivity index (χ4n) is 5.18. The molecule has 1 heterocycles. The maximum Gasteiger partial charge on any atom is 0.220 e. The van der Waals surface area contributed by atoms with Gasteiger partial charge in [0.2, 0.25) is 5.91 Å². The summed E-state index contributed by atoms with van der Waals surface area (Å²) in [6, 6.07) is 0.310. The first-order valence-corrected chi connectivity index (χ1v) is 8.80. The van der Waals surface area contributed by atoms with Crippen molar-refractivity contribution in [1.82, 2.24) is 5.32 Å². The lowest BCUT2D eigenvalue weighted by Crippen LogP contribution is -2.57. The summed E-state index contributed by atoms with van der Waals surface area (Å²) < 4.78 is 6.69. The number of nitrogens with one attached hydrogen (secondary N) is 1. The van der Waals surface area contributed by atoms with E-state index in [0.717, 1.165) is 19.3 Å². The van der Waals surface area contributed by atoms with Gasteiger partial charge in [0.25, 0.3) is 0 Å². The zero-order valence-electron chi connectivity index (χ0n) is 14.1. The highest BCUT2D eigenvalue weighted by atomic mass is 16.5. The van der Waals surface area contributed by atoms with Crippen LogP contribution in [-0.4, -0.2) is 23.2 Å². The Bertz CT molecular complexity index is 433. The van der Waals surface area contributed by atoms with Gasteiger partial charge >= 0.3 is 0 Å². The zero-order valence-corrected chi connectivity index (χ0v) is 14.1. The SMILES string of the molecule is CCCC(=O)N[C@H]1CC[C@@]2(C)CC[C@@H]3CC2(C1)OC3(C)C. The van der Waals surface area contributed by atoms with Crippen LogP contribution in [0.4, 0.5) is 0 Å². The lowest BCUT2D eigenvalue weighted by molar-refractivity contribution is -0.172. The van der Waals surface area contributed by atoms with Gasteiger partial charge < -0.3 is 10.1 Å². The maximum atomic E-state index is 11.9. The largest absolute Gasteiger partial charge is 0.368 e. The highest BCUT2D eigenvalue weighted by molar-refractivity contribution is 5.76. The third-order valence-electron chi connectivity index (χ3n) is 6.63. The van der Waals surface area contributed by atoms with Gasteiger partial charge in [-0.1, -0.05) is 13.8 Å². The molecule has 1 spiro atoms. The Morgan fingerprint density at radius 3 is 2.62 bits per heavy atom. The van der Waals surface area contributed by atoms with E-state index in [4.69, 9.17) is 4.74 Å². The Kier molecular flexibility index (Phi) is 3.63. The van der Waals surface area contributed by atoms with E-state index in [1.165, 1.54) is 25.7 Å². The van der Waals surface area contributed by atoms with Crippen LogP contribution in [0.5, 0.6) is 0 Å². The Morgan fingerprint density at radius 1 is 1.19 bits per heavy atom. The minimum absolute atomic E-state index is 0.00181. The van der Waals surface area contributed by atoms with E-state index in [0.29, 0.717) is 23.8 Å². The summed E-state index contributed by atoms with van der Waals surface area (Å²) in [5.41, 5.74) is 0.318. The molecule has 0 radical (unpaired) electrons. The number of ether oxygens (including phenoxy) is 1. The standard InChI is InChI=1S/C18H31NO2/c1-5-6-15(20)19-14-8-10-17(4)9-7-13-11-18(17,12-14)21-16(13,2)3/h13-14H,5-12H2,1-4H3,(H,19,20)/t13-,14+,17-,18?/m1/s1. The van der Waals surface area contributed by atoms with Gasteiger partial charge in [0.1, 0.15) is 0 Å². The molecule has 2 bridgehead atoms. The van der Waals surface area contributed by atoms with Crippen LogP contribution < -0.4 is 5.32 Å². The number of hydrogen-bond acceptors (Lipinski definition) is 2. The average Bonchev–Trinajstić information content (AvgIpc) is 2.60. The van der Waals surface area contributed by atoms with Crippen molar-refractivity contribution in [3.8, 4) is 0 Å².